The highest BCUT2D eigenvalue weighted by Crippen LogP contribution is 2.32. The molecule has 0 fully saturated rings. The van der Waals surface area contributed by atoms with E-state index < -0.39 is 0 Å². The highest BCUT2D eigenvalue weighted by atomic mass is 32.1. The van der Waals surface area contributed by atoms with Crippen LogP contribution in [0.3, 0.4) is 0 Å². The van der Waals surface area contributed by atoms with E-state index in [9.17, 15) is 4.79 Å². The molecule has 1 aliphatic rings. The number of aromatic nitrogens is 2. The normalized spacial score (nSPS) is 12.4. The number of carbonyl (C=O) groups excluding carboxylic acids is 1. The maximum absolute atomic E-state index is 12.7. The lowest BCUT2D eigenvalue weighted by molar-refractivity contribution is 0.0780. The highest BCUT2D eigenvalue weighted by Gasteiger charge is 2.18. The second kappa shape index (κ2) is 6.25. The highest BCUT2D eigenvalue weighted by molar-refractivity contribution is 7.09. The Kier molecular flexibility index (Phi) is 3.93. The number of aromatic amines is 1. The number of hydrogen-bond acceptors (Lipinski definition) is 5. The average Bonchev–Trinajstić information content (AvgIpc) is 3.33. The number of H-pyrrole nitrogens is 1. The van der Waals surface area contributed by atoms with Crippen LogP contribution in [0.5, 0.6) is 11.5 Å². The fourth-order valence-corrected chi connectivity index (χ4v) is 3.37. The topological polar surface area (TPSA) is 67.5 Å². The molecule has 2 aromatic heterocycles. The molecule has 6 nitrogen and oxygen atoms in total. The van der Waals surface area contributed by atoms with Crippen LogP contribution in [-0.2, 0) is 6.54 Å². The molecule has 4 rings (SSSR count). The van der Waals surface area contributed by atoms with Crippen molar-refractivity contribution in [3.05, 3.63) is 52.1 Å². The third-order valence-corrected chi connectivity index (χ3v) is 4.81. The summed E-state index contributed by atoms with van der Waals surface area (Å²) >= 11 is 1.59. The number of fused-ring (bicyclic) bond motifs is 1. The van der Waals surface area contributed by atoms with Gasteiger partial charge in [0, 0.05) is 30.7 Å². The number of carbonyl (C=O) groups is 1. The minimum absolute atomic E-state index is 0.0733. The third-order valence-electron chi connectivity index (χ3n) is 4.03. The van der Waals surface area contributed by atoms with E-state index in [1.807, 2.05) is 42.8 Å². The van der Waals surface area contributed by atoms with E-state index in [0.29, 0.717) is 12.2 Å². The molecule has 128 valence electrons. The fraction of sp³-hybridized carbons (Fsp3) is 0.222. The molecule has 0 atom stereocenters. The maximum atomic E-state index is 12.7. The number of benzene rings is 1. The van der Waals surface area contributed by atoms with Crippen LogP contribution in [0.25, 0.3) is 11.3 Å². The fourth-order valence-electron chi connectivity index (χ4n) is 2.75. The Morgan fingerprint density at radius 3 is 2.96 bits per heavy atom. The number of hydrogen-bond donors (Lipinski definition) is 1. The zero-order valence-corrected chi connectivity index (χ0v) is 14.7. The Balaban J connectivity index is 1.48. The first kappa shape index (κ1) is 15.7. The maximum Gasteiger partial charge on any atom is 0.270 e. The number of thiazole rings is 1. The minimum Gasteiger partial charge on any atom is -0.454 e. The van der Waals surface area contributed by atoms with Gasteiger partial charge in [-0.2, -0.15) is 0 Å². The van der Waals surface area contributed by atoms with Crippen molar-refractivity contribution in [1.82, 2.24) is 14.9 Å². The van der Waals surface area contributed by atoms with Crippen molar-refractivity contribution in [3.8, 4) is 22.8 Å². The third kappa shape index (κ3) is 3.10. The van der Waals surface area contributed by atoms with Gasteiger partial charge in [-0.3, -0.25) is 4.79 Å². The van der Waals surface area contributed by atoms with Gasteiger partial charge in [-0.15, -0.1) is 11.3 Å². The quantitative estimate of drug-likeness (QED) is 0.778. The van der Waals surface area contributed by atoms with Gasteiger partial charge in [-0.1, -0.05) is 6.07 Å². The predicted octanol–water partition coefficient (Wildman–Crippen LogP) is 3.45. The van der Waals surface area contributed by atoms with Gasteiger partial charge in [0.2, 0.25) is 6.79 Å². The van der Waals surface area contributed by atoms with Crippen molar-refractivity contribution in [3.63, 3.8) is 0 Å². The minimum atomic E-state index is -0.0733. The second-order valence-corrected chi connectivity index (χ2v) is 6.96. The number of nitrogens with zero attached hydrogens (tertiary/aromatic N) is 2. The van der Waals surface area contributed by atoms with Crippen LogP contribution in [0, 0.1) is 6.92 Å². The number of rotatable bonds is 4. The van der Waals surface area contributed by atoms with Gasteiger partial charge in [0.15, 0.2) is 11.5 Å². The number of nitrogens with one attached hydrogen (secondary N) is 1. The number of ether oxygens (including phenoxy) is 2. The van der Waals surface area contributed by atoms with E-state index in [-0.39, 0.29) is 12.7 Å². The Labute approximate surface area is 149 Å². The standard InChI is InChI=1S/C18H17N3O3S/c1-11-20-15(9-25-11)13-6-14(19-7-13)18(22)21(2)8-12-3-4-16-17(5-12)24-10-23-16/h3-7,9,19H,8,10H2,1-2H3. The van der Waals surface area contributed by atoms with Crippen LogP contribution in [0.15, 0.2) is 35.8 Å². The molecule has 3 heterocycles. The van der Waals surface area contributed by atoms with Crippen molar-refractivity contribution in [1.29, 1.82) is 0 Å². The van der Waals surface area contributed by atoms with E-state index >= 15 is 0 Å². The molecule has 0 saturated carbocycles. The lowest BCUT2D eigenvalue weighted by Gasteiger charge is -2.16. The van der Waals surface area contributed by atoms with E-state index in [1.165, 1.54) is 0 Å². The molecule has 1 amide bonds. The van der Waals surface area contributed by atoms with Crippen LogP contribution in [0.4, 0.5) is 0 Å². The largest absolute Gasteiger partial charge is 0.454 e. The summed E-state index contributed by atoms with van der Waals surface area (Å²) in [5.74, 6) is 1.39. The molecule has 1 aliphatic heterocycles. The molecular weight excluding hydrogens is 338 g/mol. The van der Waals surface area contributed by atoms with Gasteiger partial charge < -0.3 is 19.4 Å². The Morgan fingerprint density at radius 1 is 1.32 bits per heavy atom. The van der Waals surface area contributed by atoms with E-state index in [2.05, 4.69) is 9.97 Å². The zero-order chi connectivity index (χ0) is 17.4. The van der Waals surface area contributed by atoms with Gasteiger partial charge in [0.25, 0.3) is 5.91 Å². The second-order valence-electron chi connectivity index (χ2n) is 5.90. The summed E-state index contributed by atoms with van der Waals surface area (Å²) in [7, 11) is 1.78. The molecule has 1 N–H and O–H groups in total. The van der Waals surface area contributed by atoms with E-state index in [1.54, 1.807) is 23.3 Å². The Morgan fingerprint density at radius 2 is 2.16 bits per heavy atom. The van der Waals surface area contributed by atoms with Gasteiger partial charge in [0.1, 0.15) is 5.69 Å². The molecule has 0 spiro atoms. The van der Waals surface area contributed by atoms with Gasteiger partial charge in [-0.25, -0.2) is 4.98 Å². The van der Waals surface area contributed by atoms with Crippen LogP contribution in [-0.4, -0.2) is 34.6 Å². The smallest absolute Gasteiger partial charge is 0.270 e. The number of amides is 1. The monoisotopic (exact) mass is 355 g/mol. The SMILES string of the molecule is Cc1nc(-c2c[nH]c(C(=O)N(C)Cc3ccc4c(c3)OCO4)c2)cs1. The summed E-state index contributed by atoms with van der Waals surface area (Å²) in [5, 5.41) is 2.99. The molecular formula is C18H17N3O3S. The van der Waals surface area contributed by atoms with Crippen LogP contribution < -0.4 is 9.47 Å². The summed E-state index contributed by atoms with van der Waals surface area (Å²) in [6.07, 6.45) is 1.82. The van der Waals surface area contributed by atoms with Crippen LogP contribution in [0.2, 0.25) is 0 Å². The number of aryl methyl sites for hydroxylation is 1. The van der Waals surface area contributed by atoms with Crippen LogP contribution in [0.1, 0.15) is 21.1 Å². The van der Waals surface area contributed by atoms with E-state index in [0.717, 1.165) is 33.3 Å². The molecule has 0 radical (unpaired) electrons. The van der Waals surface area contributed by atoms with Crippen molar-refractivity contribution in [2.24, 2.45) is 0 Å². The molecule has 0 unspecified atom stereocenters. The summed E-state index contributed by atoms with van der Waals surface area (Å²) in [5.41, 5.74) is 3.34. The summed E-state index contributed by atoms with van der Waals surface area (Å²) < 4.78 is 10.7. The first-order valence-corrected chi connectivity index (χ1v) is 8.73. The lowest BCUT2D eigenvalue weighted by atomic mass is 10.2. The van der Waals surface area contributed by atoms with E-state index in [4.69, 9.17) is 9.47 Å². The molecule has 0 aliphatic carbocycles. The van der Waals surface area contributed by atoms with Gasteiger partial charge in [0.05, 0.1) is 10.7 Å². The molecule has 25 heavy (non-hydrogen) atoms. The Bertz CT molecular complexity index is 931. The first-order valence-electron chi connectivity index (χ1n) is 7.85. The molecule has 0 saturated heterocycles. The van der Waals surface area contributed by atoms with Crippen molar-refractivity contribution < 1.29 is 14.3 Å². The summed E-state index contributed by atoms with van der Waals surface area (Å²) in [6.45, 7) is 2.70. The van der Waals surface area contributed by atoms with Gasteiger partial charge >= 0.3 is 0 Å². The molecule has 7 heteroatoms. The first-order chi connectivity index (χ1) is 12.1. The predicted molar refractivity (Wildman–Crippen MR) is 95.0 cm³/mol. The molecule has 1 aromatic carbocycles. The summed E-state index contributed by atoms with van der Waals surface area (Å²) in [6, 6.07) is 7.56. The van der Waals surface area contributed by atoms with Gasteiger partial charge in [-0.05, 0) is 30.7 Å². The molecule has 3 aromatic rings. The molecule has 0 bridgehead atoms. The van der Waals surface area contributed by atoms with Crippen molar-refractivity contribution in [2.75, 3.05) is 13.8 Å². The summed E-state index contributed by atoms with van der Waals surface area (Å²) in [4.78, 5) is 21.8. The zero-order valence-electron chi connectivity index (χ0n) is 13.9. The van der Waals surface area contributed by atoms with Crippen LogP contribution >= 0.6 is 11.3 Å². The van der Waals surface area contributed by atoms with Crippen molar-refractivity contribution in [2.45, 2.75) is 13.5 Å². The lowest BCUT2D eigenvalue weighted by Crippen LogP contribution is -2.26. The average molecular weight is 355 g/mol. The van der Waals surface area contributed by atoms with Crippen molar-refractivity contribution >= 4 is 17.2 Å². The Hall–Kier alpha value is -2.80.